The summed E-state index contributed by atoms with van der Waals surface area (Å²) in [5.74, 6) is -0.461. The zero-order chi connectivity index (χ0) is 4.99. The summed E-state index contributed by atoms with van der Waals surface area (Å²) < 4.78 is 4.29. The normalized spacial score (nSPS) is 5.62. The number of esters is 1. The average molecular weight is 233 g/mol. The van der Waals surface area contributed by atoms with Gasteiger partial charge in [-0.05, 0) is 6.92 Å². The van der Waals surface area contributed by atoms with Crippen LogP contribution in [0.5, 0.6) is 0 Å². The largest absolute Gasteiger partial charge is 0.489 e. The SMILES string of the molecule is Br.[CH2-]C(=O)OCC.[Zn]. The topological polar surface area (TPSA) is 26.3 Å². The molecule has 0 saturated carbocycles. The molecule has 0 atom stereocenters. The van der Waals surface area contributed by atoms with Gasteiger partial charge in [0.1, 0.15) is 0 Å². The molecule has 0 N–H and O–H groups in total. The van der Waals surface area contributed by atoms with Crippen LogP contribution in [-0.2, 0) is 29.0 Å². The van der Waals surface area contributed by atoms with Crippen molar-refractivity contribution in [1.29, 1.82) is 0 Å². The smallest absolute Gasteiger partial charge is 0.164 e. The Bertz CT molecular complexity index is 58.0. The first-order valence-electron chi connectivity index (χ1n) is 1.76. The molecule has 0 aliphatic rings. The second-order valence-electron chi connectivity index (χ2n) is 0.805. The number of ether oxygens (including phenoxy) is 1. The Balaban J connectivity index is -0.000000125. The van der Waals surface area contributed by atoms with Gasteiger partial charge in [0.25, 0.3) is 0 Å². The molecule has 46 valence electrons. The molecule has 0 rings (SSSR count). The Kier molecular flexibility index (Phi) is 20.6. The maximum absolute atomic E-state index is 9.71. The molecule has 0 fully saturated rings. The van der Waals surface area contributed by atoms with E-state index in [0.717, 1.165) is 0 Å². The van der Waals surface area contributed by atoms with E-state index >= 15 is 0 Å². The molecule has 0 heterocycles. The van der Waals surface area contributed by atoms with Crippen LogP contribution in [0.4, 0.5) is 0 Å². The molecule has 0 amide bonds. The van der Waals surface area contributed by atoms with Crippen molar-refractivity contribution in [2.75, 3.05) is 6.61 Å². The summed E-state index contributed by atoms with van der Waals surface area (Å²) in [6.07, 6.45) is 0. The number of hydrogen-bond donors (Lipinski definition) is 0. The Hall–Kier alpha value is 0.443. The van der Waals surface area contributed by atoms with Crippen molar-refractivity contribution < 1.29 is 29.0 Å². The van der Waals surface area contributed by atoms with Crippen LogP contribution in [0.25, 0.3) is 0 Å². The molecule has 4 heteroatoms. The van der Waals surface area contributed by atoms with Gasteiger partial charge >= 0.3 is 0 Å². The average Bonchev–Trinajstić information content (AvgIpc) is 1.35. The predicted octanol–water partition coefficient (Wildman–Crippen LogP) is 0.959. The van der Waals surface area contributed by atoms with Crippen molar-refractivity contribution in [3.05, 3.63) is 6.92 Å². The summed E-state index contributed by atoms with van der Waals surface area (Å²) in [5.41, 5.74) is 0. The Labute approximate surface area is 72.5 Å². The number of halogens is 1. The molecule has 0 unspecified atom stereocenters. The molecule has 0 aliphatic heterocycles. The molecule has 0 aromatic rings. The van der Waals surface area contributed by atoms with Gasteiger partial charge in [-0.2, -0.15) is 0 Å². The van der Waals surface area contributed by atoms with E-state index < -0.39 is 5.97 Å². The Morgan fingerprint density at radius 1 is 1.75 bits per heavy atom. The summed E-state index contributed by atoms with van der Waals surface area (Å²) in [5, 5.41) is 0. The van der Waals surface area contributed by atoms with Crippen molar-refractivity contribution in [3.63, 3.8) is 0 Å². The van der Waals surface area contributed by atoms with E-state index in [4.69, 9.17) is 0 Å². The summed E-state index contributed by atoms with van der Waals surface area (Å²) >= 11 is 0. The zero-order valence-corrected chi connectivity index (χ0v) is 9.53. The van der Waals surface area contributed by atoms with Gasteiger partial charge < -0.3 is 4.74 Å². The van der Waals surface area contributed by atoms with Crippen molar-refractivity contribution in [3.8, 4) is 0 Å². The molecule has 0 aliphatic carbocycles. The molecule has 0 saturated heterocycles. The first-order chi connectivity index (χ1) is 2.77. The van der Waals surface area contributed by atoms with Gasteiger partial charge in [-0.1, -0.05) is 0 Å². The zero-order valence-electron chi connectivity index (χ0n) is 4.85. The summed E-state index contributed by atoms with van der Waals surface area (Å²) in [6, 6.07) is 0. The minimum Gasteiger partial charge on any atom is -0.489 e. The van der Waals surface area contributed by atoms with E-state index in [1.807, 2.05) is 0 Å². The van der Waals surface area contributed by atoms with Crippen molar-refractivity contribution in [2.45, 2.75) is 6.92 Å². The number of carbonyl (C=O) groups is 1. The third-order valence-corrected chi connectivity index (χ3v) is 0.305. The number of carbonyl (C=O) groups excluding carboxylic acids is 1. The molecule has 0 bridgehead atoms. The van der Waals surface area contributed by atoms with Crippen molar-refractivity contribution >= 4 is 23.0 Å². The van der Waals surface area contributed by atoms with Crippen molar-refractivity contribution in [2.24, 2.45) is 0 Å². The fourth-order valence-corrected chi connectivity index (χ4v) is 0.161. The van der Waals surface area contributed by atoms with Crippen molar-refractivity contribution in [1.82, 2.24) is 0 Å². The third-order valence-electron chi connectivity index (χ3n) is 0.305. The van der Waals surface area contributed by atoms with E-state index in [1.54, 1.807) is 6.92 Å². The number of hydrogen-bond acceptors (Lipinski definition) is 2. The Morgan fingerprint density at radius 3 is 2.12 bits per heavy atom. The molecule has 0 spiro atoms. The standard InChI is InChI=1S/C4H7O2.BrH.Zn/c1-3-6-4(2)5;;/h2-3H2,1H3;1H;/q-1;;. The van der Waals surface area contributed by atoms with Crippen LogP contribution >= 0.6 is 17.0 Å². The first kappa shape index (κ1) is 15.8. The molecule has 0 radical (unpaired) electrons. The van der Waals surface area contributed by atoms with Crippen LogP contribution in [0.15, 0.2) is 0 Å². The molecule has 2 nitrogen and oxygen atoms in total. The molecule has 0 aromatic carbocycles. The molecule has 8 heavy (non-hydrogen) atoms. The van der Waals surface area contributed by atoms with Gasteiger partial charge in [-0.3, -0.25) is 11.7 Å². The molecular formula is C4H8BrO2Zn-. The van der Waals surface area contributed by atoms with E-state index in [9.17, 15) is 4.79 Å². The van der Waals surface area contributed by atoms with Crippen LogP contribution in [0.3, 0.4) is 0 Å². The second kappa shape index (κ2) is 10.4. The minimum absolute atomic E-state index is 0. The van der Waals surface area contributed by atoms with Crippen LogP contribution in [0.1, 0.15) is 6.92 Å². The summed E-state index contributed by atoms with van der Waals surface area (Å²) in [6.45, 7) is 5.13. The minimum atomic E-state index is -0.461. The van der Waals surface area contributed by atoms with Gasteiger partial charge in [0, 0.05) is 19.5 Å². The maximum Gasteiger partial charge on any atom is 0.164 e. The number of rotatable bonds is 1. The van der Waals surface area contributed by atoms with Gasteiger partial charge in [-0.25, -0.2) is 0 Å². The van der Waals surface area contributed by atoms with Gasteiger partial charge in [0.05, 0.1) is 6.61 Å². The third kappa shape index (κ3) is 16.1. The van der Waals surface area contributed by atoms with Gasteiger partial charge in [-0.15, -0.1) is 17.0 Å². The predicted molar refractivity (Wildman–Crippen MR) is 32.3 cm³/mol. The van der Waals surface area contributed by atoms with Crippen LogP contribution in [-0.4, -0.2) is 12.6 Å². The Morgan fingerprint density at radius 2 is 2.12 bits per heavy atom. The molecule has 0 aromatic heterocycles. The maximum atomic E-state index is 9.71. The van der Waals surface area contributed by atoms with E-state index in [0.29, 0.717) is 6.61 Å². The fraction of sp³-hybridized carbons (Fsp3) is 0.500. The van der Waals surface area contributed by atoms with Crippen LogP contribution < -0.4 is 0 Å². The van der Waals surface area contributed by atoms with Crippen LogP contribution in [0, 0.1) is 6.92 Å². The van der Waals surface area contributed by atoms with Gasteiger partial charge in [0.15, 0.2) is 5.97 Å². The summed E-state index contributed by atoms with van der Waals surface area (Å²) in [7, 11) is 0. The first-order valence-corrected chi connectivity index (χ1v) is 1.76. The quantitative estimate of drug-likeness (QED) is 0.383. The molecular weight excluding hydrogens is 225 g/mol. The van der Waals surface area contributed by atoms with E-state index in [2.05, 4.69) is 11.7 Å². The second-order valence-corrected chi connectivity index (χ2v) is 0.805. The van der Waals surface area contributed by atoms with E-state index in [-0.39, 0.29) is 36.5 Å². The van der Waals surface area contributed by atoms with Gasteiger partial charge in [0.2, 0.25) is 0 Å². The van der Waals surface area contributed by atoms with E-state index in [1.165, 1.54) is 0 Å². The van der Waals surface area contributed by atoms with Crippen LogP contribution in [0.2, 0.25) is 0 Å². The monoisotopic (exact) mass is 231 g/mol. The fourth-order valence-electron chi connectivity index (χ4n) is 0.161. The summed E-state index contributed by atoms with van der Waals surface area (Å²) in [4.78, 5) is 9.71.